The summed E-state index contributed by atoms with van der Waals surface area (Å²) in [5.74, 6) is 1.16. The summed E-state index contributed by atoms with van der Waals surface area (Å²) in [6.45, 7) is 2.29. The second-order valence-electron chi connectivity index (χ2n) is 7.05. The third-order valence-corrected chi connectivity index (χ3v) is 6.10. The topological polar surface area (TPSA) is 0 Å². The number of rotatable bonds is 16. The van der Waals surface area contributed by atoms with Gasteiger partial charge < -0.3 is 0 Å². The molecule has 0 unspecified atom stereocenters. The maximum absolute atomic E-state index is 6.02. The van der Waals surface area contributed by atoms with Gasteiger partial charge in [-0.2, -0.15) is 0 Å². The quantitative estimate of drug-likeness (QED) is 0.195. The van der Waals surface area contributed by atoms with E-state index in [-0.39, 0.29) is 0 Å². The predicted octanol–water partition coefficient (Wildman–Crippen LogP) is 9.57. The zero-order valence-electron chi connectivity index (χ0n) is 16.0. The molecule has 1 rings (SSSR count). The minimum Gasteiger partial charge on any atom is -0.126 e. The van der Waals surface area contributed by atoms with Crippen molar-refractivity contribution >= 4 is 35.0 Å². The molecule has 0 amide bonds. The van der Waals surface area contributed by atoms with Crippen LogP contribution in [-0.2, 0) is 0 Å². The van der Waals surface area contributed by atoms with Gasteiger partial charge in [-0.3, -0.25) is 0 Å². The summed E-state index contributed by atoms with van der Waals surface area (Å²) in [6, 6.07) is 5.80. The Bertz CT molecular complexity index is 414. The fourth-order valence-corrected chi connectivity index (χ4v) is 4.76. The van der Waals surface area contributed by atoms with Crippen LogP contribution in [0.4, 0.5) is 0 Å². The standard InChI is InChI=1S/C22H36Cl2S/c1-2-3-4-5-6-7-8-9-10-11-12-13-14-15-16-25-22-18-20(23)17-21(24)19-22/h17-19H,2-16H2,1H3. The molecule has 0 aromatic heterocycles. The minimum atomic E-state index is 0.732. The number of thioether (sulfide) groups is 1. The molecular formula is C22H36Cl2S. The molecule has 0 fully saturated rings. The molecule has 0 bridgehead atoms. The molecule has 3 heteroatoms. The van der Waals surface area contributed by atoms with Crippen LogP contribution in [0.25, 0.3) is 0 Å². The molecule has 0 radical (unpaired) electrons. The van der Waals surface area contributed by atoms with Crippen LogP contribution in [0.3, 0.4) is 0 Å². The van der Waals surface area contributed by atoms with E-state index >= 15 is 0 Å². The first-order chi connectivity index (χ1) is 12.2. The van der Waals surface area contributed by atoms with Gasteiger partial charge in [-0.05, 0) is 30.4 Å². The minimum absolute atomic E-state index is 0.732. The lowest BCUT2D eigenvalue weighted by Crippen LogP contribution is -1.85. The first kappa shape index (κ1) is 23.2. The third-order valence-electron chi connectivity index (χ3n) is 4.60. The number of hydrogen-bond donors (Lipinski definition) is 0. The highest BCUT2D eigenvalue weighted by atomic mass is 35.5. The summed E-state index contributed by atoms with van der Waals surface area (Å²) in [4.78, 5) is 1.19. The number of hydrogen-bond acceptors (Lipinski definition) is 1. The van der Waals surface area contributed by atoms with Crippen LogP contribution in [0.1, 0.15) is 96.8 Å². The summed E-state index contributed by atoms with van der Waals surface area (Å²) >= 11 is 13.9. The molecule has 0 aliphatic heterocycles. The largest absolute Gasteiger partial charge is 0.126 e. The molecular weight excluding hydrogens is 367 g/mol. The summed E-state index contributed by atoms with van der Waals surface area (Å²) in [7, 11) is 0. The van der Waals surface area contributed by atoms with Crippen molar-refractivity contribution in [2.75, 3.05) is 5.75 Å². The molecule has 0 spiro atoms. The average Bonchev–Trinajstić information content (AvgIpc) is 2.57. The van der Waals surface area contributed by atoms with Crippen molar-refractivity contribution in [3.8, 4) is 0 Å². The van der Waals surface area contributed by atoms with E-state index in [1.807, 2.05) is 23.9 Å². The first-order valence-corrected chi connectivity index (χ1v) is 12.1. The van der Waals surface area contributed by atoms with Gasteiger partial charge in [0.05, 0.1) is 0 Å². The average molecular weight is 404 g/mol. The van der Waals surface area contributed by atoms with Crippen molar-refractivity contribution in [3.05, 3.63) is 28.2 Å². The summed E-state index contributed by atoms with van der Waals surface area (Å²) in [5.41, 5.74) is 0. The van der Waals surface area contributed by atoms with Crippen molar-refractivity contribution in [2.24, 2.45) is 0 Å². The van der Waals surface area contributed by atoms with Gasteiger partial charge in [0, 0.05) is 14.9 Å². The lowest BCUT2D eigenvalue weighted by molar-refractivity contribution is 0.538. The summed E-state index contributed by atoms with van der Waals surface area (Å²) < 4.78 is 0. The molecule has 25 heavy (non-hydrogen) atoms. The summed E-state index contributed by atoms with van der Waals surface area (Å²) in [6.07, 6.45) is 19.8. The van der Waals surface area contributed by atoms with E-state index in [0.29, 0.717) is 0 Å². The predicted molar refractivity (Wildman–Crippen MR) is 117 cm³/mol. The Morgan fingerprint density at radius 3 is 1.44 bits per heavy atom. The maximum Gasteiger partial charge on any atom is 0.0431 e. The van der Waals surface area contributed by atoms with E-state index in [9.17, 15) is 0 Å². The lowest BCUT2D eigenvalue weighted by atomic mass is 10.0. The fourth-order valence-electron chi connectivity index (χ4n) is 3.10. The van der Waals surface area contributed by atoms with E-state index in [0.717, 1.165) is 15.8 Å². The van der Waals surface area contributed by atoms with E-state index < -0.39 is 0 Å². The van der Waals surface area contributed by atoms with Crippen molar-refractivity contribution < 1.29 is 0 Å². The number of benzene rings is 1. The normalized spacial score (nSPS) is 11.2. The van der Waals surface area contributed by atoms with Crippen molar-refractivity contribution in [2.45, 2.75) is 102 Å². The van der Waals surface area contributed by atoms with Crippen LogP contribution in [0.15, 0.2) is 23.1 Å². The second kappa shape index (κ2) is 16.3. The molecule has 0 saturated heterocycles. The highest BCUT2D eigenvalue weighted by Crippen LogP contribution is 2.27. The third kappa shape index (κ3) is 13.9. The van der Waals surface area contributed by atoms with Crippen LogP contribution in [0, 0.1) is 0 Å². The number of halogens is 2. The molecule has 0 N–H and O–H groups in total. The van der Waals surface area contributed by atoms with Gasteiger partial charge in [0.15, 0.2) is 0 Å². The fraction of sp³-hybridized carbons (Fsp3) is 0.727. The molecule has 0 atom stereocenters. The molecule has 0 saturated carbocycles. The van der Waals surface area contributed by atoms with E-state index in [2.05, 4.69) is 6.92 Å². The van der Waals surface area contributed by atoms with E-state index in [4.69, 9.17) is 23.2 Å². The molecule has 1 aromatic rings. The van der Waals surface area contributed by atoms with Crippen molar-refractivity contribution in [1.29, 1.82) is 0 Å². The molecule has 144 valence electrons. The van der Waals surface area contributed by atoms with Crippen LogP contribution in [0.2, 0.25) is 10.0 Å². The van der Waals surface area contributed by atoms with Crippen LogP contribution < -0.4 is 0 Å². The van der Waals surface area contributed by atoms with Gasteiger partial charge in [0.1, 0.15) is 0 Å². The monoisotopic (exact) mass is 402 g/mol. The van der Waals surface area contributed by atoms with E-state index in [1.165, 1.54) is 94.8 Å². The van der Waals surface area contributed by atoms with E-state index in [1.54, 1.807) is 6.07 Å². The zero-order chi connectivity index (χ0) is 18.2. The van der Waals surface area contributed by atoms with Crippen molar-refractivity contribution in [1.82, 2.24) is 0 Å². The highest BCUT2D eigenvalue weighted by Gasteiger charge is 1.99. The molecule has 0 aliphatic carbocycles. The molecule has 1 aromatic carbocycles. The van der Waals surface area contributed by atoms with Gasteiger partial charge >= 0.3 is 0 Å². The Morgan fingerprint density at radius 1 is 0.600 bits per heavy atom. The second-order valence-corrected chi connectivity index (χ2v) is 9.09. The smallest absolute Gasteiger partial charge is 0.0431 e. The van der Waals surface area contributed by atoms with Crippen LogP contribution in [-0.4, -0.2) is 5.75 Å². The summed E-state index contributed by atoms with van der Waals surface area (Å²) in [5, 5.41) is 1.46. The first-order valence-electron chi connectivity index (χ1n) is 10.3. The van der Waals surface area contributed by atoms with Crippen LogP contribution >= 0.6 is 35.0 Å². The Balaban J connectivity index is 1.81. The Morgan fingerprint density at radius 2 is 1.00 bits per heavy atom. The molecule has 0 aliphatic rings. The van der Waals surface area contributed by atoms with Gasteiger partial charge in [-0.15, -0.1) is 11.8 Å². The highest BCUT2D eigenvalue weighted by molar-refractivity contribution is 7.99. The Hall–Kier alpha value is 0.150. The van der Waals surface area contributed by atoms with Gasteiger partial charge in [-0.25, -0.2) is 0 Å². The Labute approximate surface area is 170 Å². The maximum atomic E-state index is 6.02. The molecule has 0 nitrogen and oxygen atoms in total. The van der Waals surface area contributed by atoms with Crippen LogP contribution in [0.5, 0.6) is 0 Å². The van der Waals surface area contributed by atoms with Crippen molar-refractivity contribution in [3.63, 3.8) is 0 Å². The Kier molecular flexibility index (Phi) is 15.2. The lowest BCUT2D eigenvalue weighted by Gasteiger charge is -2.04. The SMILES string of the molecule is CCCCCCCCCCCCCCCCSc1cc(Cl)cc(Cl)c1. The van der Waals surface area contributed by atoms with Gasteiger partial charge in [0.25, 0.3) is 0 Å². The zero-order valence-corrected chi connectivity index (χ0v) is 18.3. The number of unbranched alkanes of at least 4 members (excludes halogenated alkanes) is 13. The van der Waals surface area contributed by atoms with Gasteiger partial charge in [-0.1, -0.05) is 114 Å². The van der Waals surface area contributed by atoms with Gasteiger partial charge in [0.2, 0.25) is 0 Å². The molecule has 0 heterocycles.